The highest BCUT2D eigenvalue weighted by Gasteiger charge is 2.09. The highest BCUT2D eigenvalue weighted by molar-refractivity contribution is 7.17. The van der Waals surface area contributed by atoms with Gasteiger partial charge in [0.15, 0.2) is 0 Å². The van der Waals surface area contributed by atoms with E-state index in [0.29, 0.717) is 12.0 Å². The van der Waals surface area contributed by atoms with Gasteiger partial charge in [0.2, 0.25) is 0 Å². The summed E-state index contributed by atoms with van der Waals surface area (Å²) in [5, 5.41) is 2.64. The standard InChI is InChI=1S/C16H13FOS/c1-11-5-7-13(8-6-11)18-9-12-10-19-15-4-2-3-14(17)16(12)15/h2-8,10H,9H2,1H3. The van der Waals surface area contributed by atoms with Crippen LogP contribution in [-0.4, -0.2) is 0 Å². The van der Waals surface area contributed by atoms with E-state index >= 15 is 0 Å². The van der Waals surface area contributed by atoms with Crippen molar-refractivity contribution in [2.75, 3.05) is 0 Å². The van der Waals surface area contributed by atoms with E-state index in [9.17, 15) is 4.39 Å². The van der Waals surface area contributed by atoms with Gasteiger partial charge >= 0.3 is 0 Å². The predicted octanol–water partition coefficient (Wildman–Crippen LogP) is 4.93. The zero-order valence-corrected chi connectivity index (χ0v) is 11.3. The Morgan fingerprint density at radius 1 is 1.11 bits per heavy atom. The van der Waals surface area contributed by atoms with Crippen LogP contribution in [0.3, 0.4) is 0 Å². The molecule has 0 bridgehead atoms. The Labute approximate surface area is 115 Å². The smallest absolute Gasteiger partial charge is 0.132 e. The van der Waals surface area contributed by atoms with Crippen molar-refractivity contribution in [1.82, 2.24) is 0 Å². The van der Waals surface area contributed by atoms with Crippen LogP contribution in [0, 0.1) is 12.7 Å². The molecule has 0 atom stereocenters. The Hall–Kier alpha value is -1.87. The van der Waals surface area contributed by atoms with E-state index in [4.69, 9.17) is 4.74 Å². The fraction of sp³-hybridized carbons (Fsp3) is 0.125. The number of hydrogen-bond donors (Lipinski definition) is 0. The summed E-state index contributed by atoms with van der Waals surface area (Å²) < 4.78 is 20.5. The Morgan fingerprint density at radius 2 is 1.89 bits per heavy atom. The molecule has 3 rings (SSSR count). The minimum atomic E-state index is -0.179. The summed E-state index contributed by atoms with van der Waals surface area (Å²) in [4.78, 5) is 0. The average Bonchev–Trinajstić information content (AvgIpc) is 2.83. The summed E-state index contributed by atoms with van der Waals surface area (Å²) in [5.41, 5.74) is 2.10. The van der Waals surface area contributed by atoms with Gasteiger partial charge in [0.25, 0.3) is 0 Å². The van der Waals surface area contributed by atoms with Gasteiger partial charge in [-0.25, -0.2) is 4.39 Å². The largest absolute Gasteiger partial charge is 0.489 e. The maximum Gasteiger partial charge on any atom is 0.132 e. The Kier molecular flexibility index (Phi) is 3.22. The molecule has 0 spiro atoms. The SMILES string of the molecule is Cc1ccc(OCc2csc3cccc(F)c23)cc1. The van der Waals surface area contributed by atoms with Crippen LogP contribution >= 0.6 is 11.3 Å². The van der Waals surface area contributed by atoms with Crippen LogP contribution in [0.2, 0.25) is 0 Å². The number of ether oxygens (including phenoxy) is 1. The molecule has 19 heavy (non-hydrogen) atoms. The molecule has 2 aromatic carbocycles. The zero-order chi connectivity index (χ0) is 13.2. The highest BCUT2D eigenvalue weighted by atomic mass is 32.1. The van der Waals surface area contributed by atoms with Gasteiger partial charge in [-0.1, -0.05) is 23.8 Å². The number of hydrogen-bond acceptors (Lipinski definition) is 2. The highest BCUT2D eigenvalue weighted by Crippen LogP contribution is 2.29. The maximum absolute atomic E-state index is 13.8. The zero-order valence-electron chi connectivity index (χ0n) is 10.5. The summed E-state index contributed by atoms with van der Waals surface area (Å²) >= 11 is 1.55. The van der Waals surface area contributed by atoms with Crippen molar-refractivity contribution >= 4 is 21.4 Å². The molecule has 96 valence electrons. The first-order valence-electron chi connectivity index (χ1n) is 6.08. The minimum Gasteiger partial charge on any atom is -0.489 e. The normalized spacial score (nSPS) is 10.8. The lowest BCUT2D eigenvalue weighted by Crippen LogP contribution is -1.95. The first kappa shape index (κ1) is 12.2. The third-order valence-corrected chi connectivity index (χ3v) is 4.04. The molecule has 0 radical (unpaired) electrons. The fourth-order valence-electron chi connectivity index (χ4n) is 2.01. The molecule has 0 aliphatic rings. The van der Waals surface area contributed by atoms with Crippen molar-refractivity contribution < 1.29 is 9.13 Å². The van der Waals surface area contributed by atoms with Gasteiger partial charge < -0.3 is 4.74 Å². The van der Waals surface area contributed by atoms with E-state index in [1.165, 1.54) is 11.6 Å². The van der Waals surface area contributed by atoms with Crippen molar-refractivity contribution in [3.05, 3.63) is 64.8 Å². The predicted molar refractivity (Wildman–Crippen MR) is 77.3 cm³/mol. The molecule has 1 heterocycles. The molecular weight excluding hydrogens is 259 g/mol. The average molecular weight is 272 g/mol. The number of benzene rings is 2. The van der Waals surface area contributed by atoms with Gasteiger partial charge in [0, 0.05) is 15.6 Å². The molecule has 0 aliphatic heterocycles. The molecule has 0 amide bonds. The second-order valence-corrected chi connectivity index (χ2v) is 5.39. The molecule has 0 N–H and O–H groups in total. The third kappa shape index (κ3) is 2.47. The van der Waals surface area contributed by atoms with E-state index in [1.807, 2.05) is 42.6 Å². The lowest BCUT2D eigenvalue weighted by molar-refractivity contribution is 0.308. The molecule has 3 aromatic rings. The molecule has 3 heteroatoms. The molecule has 1 nitrogen and oxygen atoms in total. The van der Waals surface area contributed by atoms with Crippen molar-refractivity contribution in [1.29, 1.82) is 0 Å². The molecule has 0 fully saturated rings. The van der Waals surface area contributed by atoms with E-state index in [1.54, 1.807) is 17.4 Å². The Bertz CT molecular complexity index is 700. The topological polar surface area (TPSA) is 9.23 Å². The number of fused-ring (bicyclic) bond motifs is 1. The lowest BCUT2D eigenvalue weighted by Gasteiger charge is -2.06. The quantitative estimate of drug-likeness (QED) is 0.657. The first-order valence-corrected chi connectivity index (χ1v) is 6.96. The van der Waals surface area contributed by atoms with Crippen LogP contribution in [0.5, 0.6) is 5.75 Å². The van der Waals surface area contributed by atoms with Crippen LogP contribution < -0.4 is 4.74 Å². The van der Waals surface area contributed by atoms with Crippen LogP contribution in [-0.2, 0) is 6.61 Å². The second kappa shape index (κ2) is 5.02. The fourth-order valence-corrected chi connectivity index (χ4v) is 2.97. The summed E-state index contributed by atoms with van der Waals surface area (Å²) in [6, 6.07) is 13.0. The van der Waals surface area contributed by atoms with Gasteiger partial charge in [0.05, 0.1) is 0 Å². The Morgan fingerprint density at radius 3 is 2.68 bits per heavy atom. The van der Waals surface area contributed by atoms with Crippen molar-refractivity contribution in [2.45, 2.75) is 13.5 Å². The summed E-state index contributed by atoms with van der Waals surface area (Å²) in [6.07, 6.45) is 0. The van der Waals surface area contributed by atoms with Gasteiger partial charge in [0.1, 0.15) is 18.2 Å². The number of thiophene rings is 1. The third-order valence-electron chi connectivity index (χ3n) is 3.04. The van der Waals surface area contributed by atoms with Crippen LogP contribution in [0.15, 0.2) is 47.8 Å². The molecule has 1 aromatic heterocycles. The van der Waals surface area contributed by atoms with Gasteiger partial charge in [-0.15, -0.1) is 11.3 Å². The summed E-state index contributed by atoms with van der Waals surface area (Å²) in [7, 11) is 0. The first-order chi connectivity index (χ1) is 9.24. The van der Waals surface area contributed by atoms with Gasteiger partial charge in [-0.2, -0.15) is 0 Å². The molecule has 0 saturated heterocycles. The van der Waals surface area contributed by atoms with Gasteiger partial charge in [-0.3, -0.25) is 0 Å². The summed E-state index contributed by atoms with van der Waals surface area (Å²) in [6.45, 7) is 2.43. The molecule has 0 unspecified atom stereocenters. The summed E-state index contributed by atoms with van der Waals surface area (Å²) in [5.74, 6) is 0.627. The number of aryl methyl sites for hydroxylation is 1. The van der Waals surface area contributed by atoms with Crippen molar-refractivity contribution in [3.63, 3.8) is 0 Å². The minimum absolute atomic E-state index is 0.179. The van der Waals surface area contributed by atoms with E-state index < -0.39 is 0 Å². The lowest BCUT2D eigenvalue weighted by atomic mass is 10.2. The number of rotatable bonds is 3. The van der Waals surface area contributed by atoms with Gasteiger partial charge in [-0.05, 0) is 36.6 Å². The maximum atomic E-state index is 13.8. The van der Waals surface area contributed by atoms with Crippen LogP contribution in [0.1, 0.15) is 11.1 Å². The Balaban J connectivity index is 1.84. The van der Waals surface area contributed by atoms with E-state index in [-0.39, 0.29) is 5.82 Å². The monoisotopic (exact) mass is 272 g/mol. The van der Waals surface area contributed by atoms with Crippen LogP contribution in [0.25, 0.3) is 10.1 Å². The number of halogens is 1. The molecular formula is C16H13FOS. The van der Waals surface area contributed by atoms with E-state index in [2.05, 4.69) is 0 Å². The molecule has 0 saturated carbocycles. The van der Waals surface area contributed by atoms with E-state index in [0.717, 1.165) is 16.0 Å². The van der Waals surface area contributed by atoms with Crippen molar-refractivity contribution in [3.8, 4) is 5.75 Å². The molecule has 0 aliphatic carbocycles. The van der Waals surface area contributed by atoms with Crippen LogP contribution in [0.4, 0.5) is 4.39 Å². The van der Waals surface area contributed by atoms with Crippen molar-refractivity contribution in [2.24, 2.45) is 0 Å². The second-order valence-electron chi connectivity index (χ2n) is 4.48.